The van der Waals surface area contributed by atoms with Gasteiger partial charge in [-0.25, -0.2) is 4.79 Å². The number of rotatable bonds is 14. The maximum atomic E-state index is 12.7. The fraction of sp³-hybridized carbons (Fsp3) is 0.500. The van der Waals surface area contributed by atoms with Crippen molar-refractivity contribution in [2.24, 2.45) is 17.4 Å². The topological polar surface area (TPSA) is 194 Å². The molecule has 0 bridgehead atoms. The Morgan fingerprint density at radius 2 is 1.61 bits per heavy atom. The molecule has 8 N–H and O–H groups in total. The molecule has 4 amide bonds. The number of carboxylic acid groups (broad SMARTS) is 1. The lowest BCUT2D eigenvalue weighted by molar-refractivity contribution is -0.142. The summed E-state index contributed by atoms with van der Waals surface area (Å²) in [6.45, 7) is 3.33. The van der Waals surface area contributed by atoms with Gasteiger partial charge in [0, 0.05) is 12.8 Å². The zero-order valence-electron chi connectivity index (χ0n) is 18.9. The Kier molecular flexibility index (Phi) is 11.6. The van der Waals surface area contributed by atoms with Gasteiger partial charge in [-0.05, 0) is 24.3 Å². The van der Waals surface area contributed by atoms with Gasteiger partial charge in [0.15, 0.2) is 0 Å². The van der Waals surface area contributed by atoms with E-state index in [-0.39, 0.29) is 25.2 Å². The number of carbonyl (C=O) groups is 5. The molecule has 1 aromatic rings. The van der Waals surface area contributed by atoms with E-state index in [0.717, 1.165) is 5.56 Å². The van der Waals surface area contributed by atoms with Gasteiger partial charge in [-0.3, -0.25) is 19.2 Å². The van der Waals surface area contributed by atoms with Crippen molar-refractivity contribution in [2.45, 2.75) is 57.7 Å². The number of nitrogens with two attached hydrogens (primary N) is 2. The molecule has 182 valence electrons. The third kappa shape index (κ3) is 11.1. The van der Waals surface area contributed by atoms with E-state index in [1.165, 1.54) is 0 Å². The molecule has 1 aromatic carbocycles. The van der Waals surface area contributed by atoms with Crippen LogP contribution in [0.1, 0.15) is 38.7 Å². The first kappa shape index (κ1) is 27.6. The zero-order chi connectivity index (χ0) is 25.0. The first-order valence-corrected chi connectivity index (χ1v) is 10.7. The molecular weight excluding hydrogens is 430 g/mol. The van der Waals surface area contributed by atoms with Crippen molar-refractivity contribution in [1.29, 1.82) is 0 Å². The van der Waals surface area contributed by atoms with Gasteiger partial charge in [-0.2, -0.15) is 0 Å². The molecule has 11 nitrogen and oxygen atoms in total. The number of aliphatic carboxylic acids is 1. The summed E-state index contributed by atoms with van der Waals surface area (Å²) in [5.74, 6) is -3.71. The summed E-state index contributed by atoms with van der Waals surface area (Å²) >= 11 is 0. The average Bonchev–Trinajstić information content (AvgIpc) is 2.74. The van der Waals surface area contributed by atoms with Crippen LogP contribution in [0.3, 0.4) is 0 Å². The molecule has 3 unspecified atom stereocenters. The second-order valence-corrected chi connectivity index (χ2v) is 8.17. The largest absolute Gasteiger partial charge is 0.480 e. The van der Waals surface area contributed by atoms with E-state index in [9.17, 15) is 24.0 Å². The van der Waals surface area contributed by atoms with E-state index in [1.807, 2.05) is 19.9 Å². The minimum atomic E-state index is -1.33. The average molecular weight is 464 g/mol. The maximum Gasteiger partial charge on any atom is 0.326 e. The molecule has 11 heteroatoms. The van der Waals surface area contributed by atoms with Crippen LogP contribution in [0.5, 0.6) is 0 Å². The van der Waals surface area contributed by atoms with Crippen molar-refractivity contribution < 1.29 is 29.1 Å². The monoisotopic (exact) mass is 463 g/mol. The third-order valence-corrected chi connectivity index (χ3v) is 4.71. The summed E-state index contributed by atoms with van der Waals surface area (Å²) < 4.78 is 0. The zero-order valence-corrected chi connectivity index (χ0v) is 18.9. The number of hydrogen-bond acceptors (Lipinski definition) is 6. The summed E-state index contributed by atoms with van der Waals surface area (Å²) in [5, 5.41) is 16.4. The number of benzene rings is 1. The molecule has 33 heavy (non-hydrogen) atoms. The van der Waals surface area contributed by atoms with Crippen molar-refractivity contribution >= 4 is 29.6 Å². The number of primary amides is 1. The molecule has 0 radical (unpaired) electrons. The highest BCUT2D eigenvalue weighted by atomic mass is 16.4. The van der Waals surface area contributed by atoms with Gasteiger partial charge in [-0.15, -0.1) is 0 Å². The molecule has 0 aliphatic carbocycles. The predicted octanol–water partition coefficient (Wildman–Crippen LogP) is -0.962. The van der Waals surface area contributed by atoms with Gasteiger partial charge in [0.05, 0.1) is 12.6 Å². The molecule has 0 saturated carbocycles. The highest BCUT2D eigenvalue weighted by Gasteiger charge is 2.26. The lowest BCUT2D eigenvalue weighted by atomic mass is 10.0. The minimum absolute atomic E-state index is 0.171. The smallest absolute Gasteiger partial charge is 0.326 e. The molecule has 0 fully saturated rings. The van der Waals surface area contributed by atoms with Crippen LogP contribution >= 0.6 is 0 Å². The molecule has 3 atom stereocenters. The summed E-state index contributed by atoms with van der Waals surface area (Å²) in [6, 6.07) is 5.89. The van der Waals surface area contributed by atoms with Crippen molar-refractivity contribution in [1.82, 2.24) is 16.0 Å². The molecule has 0 aliphatic rings. The molecule has 1 rings (SSSR count). The van der Waals surface area contributed by atoms with Crippen LogP contribution in [0, 0.1) is 5.92 Å². The van der Waals surface area contributed by atoms with E-state index in [0.29, 0.717) is 6.42 Å². The Labute approximate surface area is 192 Å². The molecular formula is C22H33N5O6. The molecule has 0 heterocycles. The molecule has 0 saturated heterocycles. The van der Waals surface area contributed by atoms with Crippen molar-refractivity contribution in [3.8, 4) is 0 Å². The number of carboxylic acids is 1. The number of carbonyl (C=O) groups excluding carboxylic acids is 4. The number of amides is 4. The Balaban J connectivity index is 2.77. The first-order chi connectivity index (χ1) is 15.5. The molecule has 0 aromatic heterocycles. The minimum Gasteiger partial charge on any atom is -0.480 e. The van der Waals surface area contributed by atoms with Crippen LogP contribution < -0.4 is 27.4 Å². The lowest BCUT2D eigenvalue weighted by Crippen LogP contribution is -2.54. The lowest BCUT2D eigenvalue weighted by Gasteiger charge is -2.22. The van der Waals surface area contributed by atoms with E-state index in [4.69, 9.17) is 16.6 Å². The summed E-state index contributed by atoms with van der Waals surface area (Å²) in [4.78, 5) is 59.4. The highest BCUT2D eigenvalue weighted by molar-refractivity contribution is 5.92. The normalized spacial score (nSPS) is 13.5. The quantitative estimate of drug-likeness (QED) is 0.204. The maximum absolute atomic E-state index is 12.7. The number of hydrogen-bond donors (Lipinski definition) is 6. The standard InChI is InChI=1S/C22H33N5O6/c1-13(2)10-15(23)20(30)27-17(11-14-6-4-3-5-7-14)21(31)25-12-19(29)26-16(22(32)33)8-9-18(24)28/h3-7,13,15-17H,8-12,23H2,1-2H3,(H2,24,28)(H,25,31)(H,26,29)(H,27,30)(H,32,33). The van der Waals surface area contributed by atoms with Gasteiger partial charge in [0.25, 0.3) is 0 Å². The van der Waals surface area contributed by atoms with Crippen LogP contribution in [-0.2, 0) is 30.4 Å². The van der Waals surface area contributed by atoms with Gasteiger partial charge < -0.3 is 32.5 Å². The summed E-state index contributed by atoms with van der Waals surface area (Å²) in [6.07, 6.45) is 0.219. The van der Waals surface area contributed by atoms with Gasteiger partial charge in [0.1, 0.15) is 12.1 Å². The van der Waals surface area contributed by atoms with Gasteiger partial charge in [-0.1, -0.05) is 44.2 Å². The SMILES string of the molecule is CC(C)CC(N)C(=O)NC(Cc1ccccc1)C(=O)NCC(=O)NC(CCC(N)=O)C(=O)O. The fourth-order valence-electron chi connectivity index (χ4n) is 3.03. The number of nitrogens with one attached hydrogen (secondary N) is 3. The van der Waals surface area contributed by atoms with E-state index in [2.05, 4.69) is 16.0 Å². The van der Waals surface area contributed by atoms with Crippen LogP contribution in [-0.4, -0.2) is 59.4 Å². The van der Waals surface area contributed by atoms with Crippen molar-refractivity contribution in [3.05, 3.63) is 35.9 Å². The predicted molar refractivity (Wildman–Crippen MR) is 121 cm³/mol. The van der Waals surface area contributed by atoms with Crippen LogP contribution in [0.15, 0.2) is 30.3 Å². The molecule has 0 aliphatic heterocycles. The van der Waals surface area contributed by atoms with E-state index >= 15 is 0 Å². The Morgan fingerprint density at radius 3 is 2.15 bits per heavy atom. The highest BCUT2D eigenvalue weighted by Crippen LogP contribution is 2.06. The van der Waals surface area contributed by atoms with Gasteiger partial charge in [0.2, 0.25) is 23.6 Å². The van der Waals surface area contributed by atoms with Crippen LogP contribution in [0.4, 0.5) is 0 Å². The summed E-state index contributed by atoms with van der Waals surface area (Å²) in [5.41, 5.74) is 11.7. The Bertz CT molecular complexity index is 830. The van der Waals surface area contributed by atoms with Crippen LogP contribution in [0.25, 0.3) is 0 Å². The van der Waals surface area contributed by atoms with Crippen molar-refractivity contribution in [2.75, 3.05) is 6.54 Å². The first-order valence-electron chi connectivity index (χ1n) is 10.7. The van der Waals surface area contributed by atoms with Gasteiger partial charge >= 0.3 is 5.97 Å². The second-order valence-electron chi connectivity index (χ2n) is 8.17. The van der Waals surface area contributed by atoms with Crippen molar-refractivity contribution in [3.63, 3.8) is 0 Å². The Hall–Kier alpha value is -3.47. The third-order valence-electron chi connectivity index (χ3n) is 4.71. The fourth-order valence-corrected chi connectivity index (χ4v) is 3.03. The Morgan fingerprint density at radius 1 is 0.970 bits per heavy atom. The van der Waals surface area contributed by atoms with E-state index < -0.39 is 54.3 Å². The second kappa shape index (κ2) is 13.8. The van der Waals surface area contributed by atoms with Crippen LogP contribution in [0.2, 0.25) is 0 Å². The molecule has 0 spiro atoms. The van der Waals surface area contributed by atoms with E-state index in [1.54, 1.807) is 24.3 Å². The summed E-state index contributed by atoms with van der Waals surface area (Å²) in [7, 11) is 0.